The Morgan fingerprint density at radius 1 is 1.46 bits per heavy atom. The molecule has 1 aliphatic heterocycles. The van der Waals surface area contributed by atoms with Gasteiger partial charge in [-0.3, -0.25) is 4.99 Å². The number of halogens is 2. The summed E-state index contributed by atoms with van der Waals surface area (Å²) in [6, 6.07) is 5.27. The molecule has 2 atom stereocenters. The van der Waals surface area contributed by atoms with Crippen LogP contribution < -0.4 is 10.6 Å². The molecule has 2 unspecified atom stereocenters. The van der Waals surface area contributed by atoms with Crippen molar-refractivity contribution in [1.82, 2.24) is 10.6 Å². The van der Waals surface area contributed by atoms with Crippen LogP contribution in [0.4, 0.5) is 4.39 Å². The van der Waals surface area contributed by atoms with Crippen LogP contribution in [-0.4, -0.2) is 46.0 Å². The second-order valence-corrected chi connectivity index (χ2v) is 6.53. The lowest BCUT2D eigenvalue weighted by Crippen LogP contribution is -2.39. The molecule has 0 aliphatic carbocycles. The fourth-order valence-electron chi connectivity index (χ4n) is 2.71. The van der Waals surface area contributed by atoms with Crippen molar-refractivity contribution in [2.75, 3.05) is 40.0 Å². The molecule has 1 aromatic carbocycles. The molecular weight excluding hydrogens is 448 g/mol. The SMILES string of the molecule is CN=C(NCCCOCC1CCOC1)NC(C)c1ccc(C)c(F)c1.I. The average molecular weight is 479 g/mol. The smallest absolute Gasteiger partial charge is 0.191 e. The van der Waals surface area contributed by atoms with Crippen LogP contribution in [0.25, 0.3) is 0 Å². The van der Waals surface area contributed by atoms with Crippen LogP contribution in [0.3, 0.4) is 0 Å². The molecule has 1 fully saturated rings. The minimum Gasteiger partial charge on any atom is -0.381 e. The van der Waals surface area contributed by atoms with Crippen molar-refractivity contribution in [3.05, 3.63) is 35.1 Å². The maximum Gasteiger partial charge on any atom is 0.191 e. The van der Waals surface area contributed by atoms with Gasteiger partial charge in [0.25, 0.3) is 0 Å². The van der Waals surface area contributed by atoms with Crippen LogP contribution in [0.15, 0.2) is 23.2 Å². The van der Waals surface area contributed by atoms with Crippen molar-refractivity contribution in [1.29, 1.82) is 0 Å². The summed E-state index contributed by atoms with van der Waals surface area (Å²) in [5.41, 5.74) is 1.55. The summed E-state index contributed by atoms with van der Waals surface area (Å²) in [6.45, 7) is 7.72. The van der Waals surface area contributed by atoms with E-state index in [0.29, 0.717) is 17.4 Å². The van der Waals surface area contributed by atoms with E-state index in [1.54, 1.807) is 26.1 Å². The Kier molecular flexibility index (Phi) is 11.1. The van der Waals surface area contributed by atoms with Gasteiger partial charge in [0, 0.05) is 32.7 Å². The normalized spacial score (nSPS) is 18.3. The van der Waals surface area contributed by atoms with Gasteiger partial charge in [-0.1, -0.05) is 12.1 Å². The van der Waals surface area contributed by atoms with Crippen LogP contribution >= 0.6 is 24.0 Å². The van der Waals surface area contributed by atoms with E-state index in [-0.39, 0.29) is 35.8 Å². The molecule has 2 N–H and O–H groups in total. The first-order chi connectivity index (χ1) is 12.1. The topological polar surface area (TPSA) is 54.9 Å². The summed E-state index contributed by atoms with van der Waals surface area (Å²) in [4.78, 5) is 4.22. The molecule has 148 valence electrons. The first-order valence-electron chi connectivity index (χ1n) is 8.99. The second kappa shape index (κ2) is 12.5. The van der Waals surface area contributed by atoms with E-state index >= 15 is 0 Å². The van der Waals surface area contributed by atoms with E-state index in [1.165, 1.54) is 0 Å². The summed E-state index contributed by atoms with van der Waals surface area (Å²) in [6.07, 6.45) is 2.01. The number of hydrogen-bond donors (Lipinski definition) is 2. The highest BCUT2D eigenvalue weighted by Crippen LogP contribution is 2.16. The lowest BCUT2D eigenvalue weighted by Gasteiger charge is -2.19. The van der Waals surface area contributed by atoms with Gasteiger partial charge in [0.05, 0.1) is 19.3 Å². The predicted octanol–water partition coefficient (Wildman–Crippen LogP) is 3.42. The minimum atomic E-state index is -0.182. The number of nitrogens with zero attached hydrogens (tertiary/aromatic N) is 1. The maximum absolute atomic E-state index is 13.7. The Bertz CT molecular complexity index is 566. The molecule has 1 saturated heterocycles. The van der Waals surface area contributed by atoms with Gasteiger partial charge >= 0.3 is 0 Å². The first-order valence-corrected chi connectivity index (χ1v) is 8.99. The van der Waals surface area contributed by atoms with Crippen LogP contribution in [-0.2, 0) is 9.47 Å². The monoisotopic (exact) mass is 479 g/mol. The van der Waals surface area contributed by atoms with Gasteiger partial charge in [-0.05, 0) is 43.9 Å². The number of guanidine groups is 1. The van der Waals surface area contributed by atoms with Gasteiger partial charge in [0.2, 0.25) is 0 Å². The highest BCUT2D eigenvalue weighted by Gasteiger charge is 2.15. The molecule has 0 aromatic heterocycles. The Balaban J connectivity index is 0.00000338. The van der Waals surface area contributed by atoms with Crippen molar-refractivity contribution in [3.63, 3.8) is 0 Å². The Hall–Kier alpha value is -0.930. The highest BCUT2D eigenvalue weighted by molar-refractivity contribution is 14.0. The summed E-state index contributed by atoms with van der Waals surface area (Å²) in [5, 5.41) is 6.55. The molecule has 0 bridgehead atoms. The predicted molar refractivity (Wildman–Crippen MR) is 114 cm³/mol. The molecule has 0 spiro atoms. The van der Waals surface area contributed by atoms with Crippen molar-refractivity contribution < 1.29 is 13.9 Å². The van der Waals surface area contributed by atoms with Gasteiger partial charge in [-0.2, -0.15) is 0 Å². The summed E-state index contributed by atoms with van der Waals surface area (Å²) in [7, 11) is 1.73. The van der Waals surface area contributed by atoms with E-state index in [2.05, 4.69) is 15.6 Å². The van der Waals surface area contributed by atoms with Crippen molar-refractivity contribution >= 4 is 29.9 Å². The summed E-state index contributed by atoms with van der Waals surface area (Å²) < 4.78 is 24.7. The largest absolute Gasteiger partial charge is 0.381 e. The second-order valence-electron chi connectivity index (χ2n) is 6.53. The molecule has 0 saturated carbocycles. The molecular formula is C19H31FIN3O2. The molecule has 1 aromatic rings. The van der Waals surface area contributed by atoms with Gasteiger partial charge < -0.3 is 20.1 Å². The molecule has 0 radical (unpaired) electrons. The Morgan fingerprint density at radius 3 is 2.92 bits per heavy atom. The quantitative estimate of drug-likeness (QED) is 0.260. The van der Waals surface area contributed by atoms with E-state index < -0.39 is 0 Å². The molecule has 5 nitrogen and oxygen atoms in total. The number of hydrogen-bond acceptors (Lipinski definition) is 3. The first kappa shape index (κ1) is 23.1. The number of aliphatic imine (C=N–C) groups is 1. The third-order valence-electron chi connectivity index (χ3n) is 4.41. The lowest BCUT2D eigenvalue weighted by atomic mass is 10.1. The minimum absolute atomic E-state index is 0. The van der Waals surface area contributed by atoms with Gasteiger partial charge in [0.15, 0.2) is 5.96 Å². The zero-order valence-corrected chi connectivity index (χ0v) is 18.2. The lowest BCUT2D eigenvalue weighted by molar-refractivity contribution is 0.0888. The number of nitrogens with one attached hydrogen (secondary N) is 2. The third kappa shape index (κ3) is 7.75. The fraction of sp³-hybridized carbons (Fsp3) is 0.632. The van der Waals surface area contributed by atoms with Crippen molar-refractivity contribution in [2.24, 2.45) is 10.9 Å². The van der Waals surface area contributed by atoms with Crippen LogP contribution in [0.2, 0.25) is 0 Å². The van der Waals surface area contributed by atoms with E-state index in [1.807, 2.05) is 13.0 Å². The van der Waals surface area contributed by atoms with Crippen LogP contribution in [0, 0.1) is 18.7 Å². The number of rotatable bonds is 8. The van der Waals surface area contributed by atoms with Crippen molar-refractivity contribution in [3.8, 4) is 0 Å². The molecule has 0 amide bonds. The zero-order chi connectivity index (χ0) is 18.1. The summed E-state index contributed by atoms with van der Waals surface area (Å²) >= 11 is 0. The molecule has 1 heterocycles. The zero-order valence-electron chi connectivity index (χ0n) is 15.9. The highest BCUT2D eigenvalue weighted by atomic mass is 127. The Morgan fingerprint density at radius 2 is 2.27 bits per heavy atom. The number of benzene rings is 1. The van der Waals surface area contributed by atoms with Crippen LogP contribution in [0.5, 0.6) is 0 Å². The van der Waals surface area contributed by atoms with Gasteiger partial charge in [-0.25, -0.2) is 4.39 Å². The molecule has 7 heteroatoms. The van der Waals surface area contributed by atoms with E-state index in [9.17, 15) is 4.39 Å². The maximum atomic E-state index is 13.7. The van der Waals surface area contributed by atoms with Crippen molar-refractivity contribution in [2.45, 2.75) is 32.7 Å². The molecule has 26 heavy (non-hydrogen) atoms. The molecule has 1 aliphatic rings. The van der Waals surface area contributed by atoms with Gasteiger partial charge in [0.1, 0.15) is 5.82 Å². The van der Waals surface area contributed by atoms with Gasteiger partial charge in [-0.15, -0.1) is 24.0 Å². The standard InChI is InChI=1S/C19H30FN3O2.HI/c1-14-5-6-17(11-18(14)20)15(2)23-19(21-3)22-8-4-9-24-12-16-7-10-25-13-16;/h5-6,11,15-16H,4,7-10,12-13H2,1-3H3,(H2,21,22,23);1H. The fourth-order valence-corrected chi connectivity index (χ4v) is 2.71. The average Bonchev–Trinajstić information content (AvgIpc) is 3.12. The Labute approximate surface area is 173 Å². The number of ether oxygens (including phenoxy) is 2. The van der Waals surface area contributed by atoms with E-state index in [0.717, 1.165) is 51.4 Å². The summed E-state index contributed by atoms with van der Waals surface area (Å²) in [5.74, 6) is 1.08. The number of aryl methyl sites for hydroxylation is 1. The third-order valence-corrected chi connectivity index (χ3v) is 4.41. The van der Waals surface area contributed by atoms with E-state index in [4.69, 9.17) is 9.47 Å². The van der Waals surface area contributed by atoms with Crippen LogP contribution in [0.1, 0.15) is 36.9 Å². The molecule has 2 rings (SSSR count).